The van der Waals surface area contributed by atoms with Gasteiger partial charge >= 0.3 is 6.18 Å². The molecular formula is C17H15F3N4O3S. The van der Waals surface area contributed by atoms with Crippen LogP contribution in [0.25, 0.3) is 10.2 Å². The van der Waals surface area contributed by atoms with E-state index >= 15 is 0 Å². The zero-order valence-corrected chi connectivity index (χ0v) is 15.6. The van der Waals surface area contributed by atoms with Crippen molar-refractivity contribution in [2.24, 2.45) is 7.05 Å². The van der Waals surface area contributed by atoms with E-state index in [0.29, 0.717) is 26.2 Å². The molecular weight excluding hydrogens is 397 g/mol. The number of hydrogen-bond acceptors (Lipinski definition) is 6. The molecule has 0 saturated heterocycles. The maximum atomic E-state index is 12.6. The number of pyridine rings is 1. The number of nitrogens with one attached hydrogen (secondary N) is 1. The van der Waals surface area contributed by atoms with Crippen molar-refractivity contribution in [3.8, 4) is 5.88 Å². The van der Waals surface area contributed by atoms with Gasteiger partial charge in [0.05, 0.1) is 16.6 Å². The van der Waals surface area contributed by atoms with Crippen LogP contribution in [0, 0.1) is 6.92 Å². The highest BCUT2D eigenvalue weighted by molar-refractivity contribution is 7.20. The minimum Gasteiger partial charge on any atom is -0.468 e. The number of aryl methyl sites for hydroxylation is 2. The number of alkyl halides is 3. The van der Waals surface area contributed by atoms with Gasteiger partial charge in [-0.1, -0.05) is 6.07 Å². The Labute approximate surface area is 160 Å². The van der Waals surface area contributed by atoms with Crippen LogP contribution in [0.15, 0.2) is 29.5 Å². The molecule has 28 heavy (non-hydrogen) atoms. The molecule has 3 heterocycles. The van der Waals surface area contributed by atoms with E-state index < -0.39 is 18.7 Å². The highest BCUT2D eigenvalue weighted by Gasteiger charge is 2.29. The second kappa shape index (κ2) is 7.58. The summed E-state index contributed by atoms with van der Waals surface area (Å²) in [6.45, 7) is 0.0904. The van der Waals surface area contributed by atoms with Crippen LogP contribution in [-0.4, -0.2) is 33.2 Å². The molecule has 0 radical (unpaired) electrons. The van der Waals surface area contributed by atoms with Crippen LogP contribution >= 0.6 is 11.3 Å². The van der Waals surface area contributed by atoms with E-state index in [9.17, 15) is 22.8 Å². The molecule has 0 fully saturated rings. The van der Waals surface area contributed by atoms with Crippen molar-refractivity contribution >= 4 is 27.5 Å². The van der Waals surface area contributed by atoms with Gasteiger partial charge in [-0.2, -0.15) is 13.2 Å². The molecule has 148 valence electrons. The predicted molar refractivity (Wildman–Crippen MR) is 96.6 cm³/mol. The molecule has 3 aromatic rings. The Kier molecular flexibility index (Phi) is 5.36. The van der Waals surface area contributed by atoms with Crippen LogP contribution in [0.1, 0.15) is 20.8 Å². The molecule has 7 nitrogen and oxygen atoms in total. The summed E-state index contributed by atoms with van der Waals surface area (Å²) in [7, 11) is 1.57. The molecule has 0 spiro atoms. The lowest BCUT2D eigenvalue weighted by atomic mass is 10.2. The number of carbonyl (C=O) groups excluding carboxylic acids is 1. The third kappa shape index (κ3) is 4.14. The summed E-state index contributed by atoms with van der Waals surface area (Å²) in [5, 5.41) is 2.99. The lowest BCUT2D eigenvalue weighted by Gasteiger charge is -2.12. The highest BCUT2D eigenvalue weighted by Crippen LogP contribution is 2.27. The number of rotatable bonds is 5. The molecule has 0 atom stereocenters. The first-order valence-electron chi connectivity index (χ1n) is 8.03. The molecule has 1 amide bonds. The van der Waals surface area contributed by atoms with Gasteiger partial charge in [-0.15, -0.1) is 11.3 Å². The summed E-state index contributed by atoms with van der Waals surface area (Å²) < 4.78 is 43.1. The molecule has 0 aromatic carbocycles. The van der Waals surface area contributed by atoms with Crippen LogP contribution in [0.5, 0.6) is 5.88 Å². The van der Waals surface area contributed by atoms with E-state index in [1.54, 1.807) is 14.0 Å². The number of amides is 1. The van der Waals surface area contributed by atoms with Gasteiger partial charge in [0.25, 0.3) is 11.5 Å². The van der Waals surface area contributed by atoms with Crippen molar-refractivity contribution in [1.82, 2.24) is 19.9 Å². The minimum atomic E-state index is -4.49. The monoisotopic (exact) mass is 412 g/mol. The van der Waals surface area contributed by atoms with E-state index in [4.69, 9.17) is 4.74 Å². The molecule has 0 unspecified atom stereocenters. The highest BCUT2D eigenvalue weighted by atomic mass is 32.1. The van der Waals surface area contributed by atoms with Crippen molar-refractivity contribution < 1.29 is 22.7 Å². The molecule has 11 heteroatoms. The fourth-order valence-electron chi connectivity index (χ4n) is 2.52. The zero-order chi connectivity index (χ0) is 20.5. The second-order valence-electron chi connectivity index (χ2n) is 5.95. The topological polar surface area (TPSA) is 86.1 Å². The first kappa shape index (κ1) is 19.8. The van der Waals surface area contributed by atoms with E-state index in [1.165, 1.54) is 29.2 Å². The van der Waals surface area contributed by atoms with Gasteiger partial charge in [-0.25, -0.2) is 9.97 Å². The number of carbonyl (C=O) groups is 1. The van der Waals surface area contributed by atoms with Crippen molar-refractivity contribution in [2.45, 2.75) is 19.6 Å². The number of nitrogens with zero attached hydrogens (tertiary/aromatic N) is 3. The first-order valence-corrected chi connectivity index (χ1v) is 8.85. The Hall–Kier alpha value is -2.95. The summed E-state index contributed by atoms with van der Waals surface area (Å²) in [5.41, 5.74) is 0.548. The third-order valence-corrected chi connectivity index (χ3v) is 5.08. The van der Waals surface area contributed by atoms with Crippen LogP contribution in [0.2, 0.25) is 0 Å². The zero-order valence-electron chi connectivity index (χ0n) is 14.8. The number of thiophene rings is 1. The fourth-order valence-corrected chi connectivity index (χ4v) is 3.58. The van der Waals surface area contributed by atoms with E-state index in [-0.39, 0.29) is 18.0 Å². The number of ether oxygens (including phenoxy) is 1. The molecule has 0 aliphatic heterocycles. The van der Waals surface area contributed by atoms with Crippen LogP contribution in [-0.2, 0) is 13.6 Å². The molecule has 0 saturated carbocycles. The Bertz CT molecular complexity index is 1090. The number of hydrogen-bond donors (Lipinski definition) is 1. The third-order valence-electron chi connectivity index (χ3n) is 3.88. The SMILES string of the molecule is Cc1c(C(=O)NCc2cccnc2OCC(F)(F)F)sc2ncn(C)c(=O)c12. The second-order valence-corrected chi connectivity index (χ2v) is 6.95. The summed E-state index contributed by atoms with van der Waals surface area (Å²) in [4.78, 5) is 33.5. The molecule has 0 aliphatic rings. The van der Waals surface area contributed by atoms with Gasteiger partial charge in [-0.05, 0) is 18.6 Å². The van der Waals surface area contributed by atoms with Crippen molar-refractivity contribution in [1.29, 1.82) is 0 Å². The van der Waals surface area contributed by atoms with E-state index in [0.717, 1.165) is 11.3 Å². The van der Waals surface area contributed by atoms with Gasteiger partial charge in [0.15, 0.2) is 6.61 Å². The van der Waals surface area contributed by atoms with Gasteiger partial charge in [0.2, 0.25) is 5.88 Å². The maximum Gasteiger partial charge on any atom is 0.422 e. The van der Waals surface area contributed by atoms with Crippen LogP contribution < -0.4 is 15.6 Å². The van der Waals surface area contributed by atoms with Gasteiger partial charge in [0, 0.05) is 25.4 Å². The normalized spacial score (nSPS) is 11.6. The van der Waals surface area contributed by atoms with Gasteiger partial charge < -0.3 is 14.6 Å². The maximum absolute atomic E-state index is 12.6. The average Bonchev–Trinajstić information content (AvgIpc) is 2.98. The van der Waals surface area contributed by atoms with E-state index in [1.807, 2.05) is 0 Å². The minimum absolute atomic E-state index is 0.0843. The van der Waals surface area contributed by atoms with Crippen molar-refractivity contribution in [3.63, 3.8) is 0 Å². The molecule has 1 N–H and O–H groups in total. The quantitative estimate of drug-likeness (QED) is 0.696. The standard InChI is InChI=1S/C17H15F3N4O3S/c1-9-11-15(23-8-24(2)16(11)26)28-12(9)13(25)22-6-10-4-3-5-21-14(10)27-7-17(18,19)20/h3-5,8H,6-7H2,1-2H3,(H,22,25). The summed E-state index contributed by atoms with van der Waals surface area (Å²) in [6.07, 6.45) is -1.82. The number of halogens is 3. The summed E-state index contributed by atoms with van der Waals surface area (Å²) >= 11 is 1.08. The summed E-state index contributed by atoms with van der Waals surface area (Å²) in [5.74, 6) is -0.670. The lowest BCUT2D eigenvalue weighted by molar-refractivity contribution is -0.154. The Balaban J connectivity index is 1.79. The summed E-state index contributed by atoms with van der Waals surface area (Å²) in [6, 6.07) is 3.04. The number of aromatic nitrogens is 3. The molecule has 3 rings (SSSR count). The smallest absolute Gasteiger partial charge is 0.422 e. The Morgan fingerprint density at radius 3 is 2.82 bits per heavy atom. The van der Waals surface area contributed by atoms with Gasteiger partial charge in [0.1, 0.15) is 4.83 Å². The van der Waals surface area contributed by atoms with Crippen molar-refractivity contribution in [2.75, 3.05) is 6.61 Å². The van der Waals surface area contributed by atoms with E-state index in [2.05, 4.69) is 15.3 Å². The lowest BCUT2D eigenvalue weighted by Crippen LogP contribution is -2.24. The molecule has 3 aromatic heterocycles. The van der Waals surface area contributed by atoms with Gasteiger partial charge in [-0.3, -0.25) is 9.59 Å². The molecule has 0 bridgehead atoms. The Morgan fingerprint density at radius 2 is 2.11 bits per heavy atom. The first-order chi connectivity index (χ1) is 13.2. The van der Waals surface area contributed by atoms with Crippen molar-refractivity contribution in [3.05, 3.63) is 51.0 Å². The average molecular weight is 412 g/mol. The molecule has 0 aliphatic carbocycles. The van der Waals surface area contributed by atoms with Crippen LogP contribution in [0.3, 0.4) is 0 Å². The number of fused-ring (bicyclic) bond motifs is 1. The van der Waals surface area contributed by atoms with Crippen LogP contribution in [0.4, 0.5) is 13.2 Å². The largest absolute Gasteiger partial charge is 0.468 e. The predicted octanol–water partition coefficient (Wildman–Crippen LogP) is 2.57. The Morgan fingerprint density at radius 1 is 1.36 bits per heavy atom. The fraction of sp³-hybridized carbons (Fsp3) is 0.294.